The molecule has 0 aromatic heterocycles. The fraction of sp³-hybridized carbons (Fsp3) is 0.588. The first kappa shape index (κ1) is 12.2. The number of nitrogens with zero attached hydrogens (tertiary/aromatic N) is 2. The van der Waals surface area contributed by atoms with Crippen LogP contribution >= 0.6 is 0 Å². The first-order valence-electron chi connectivity index (χ1n) is 7.82. The van der Waals surface area contributed by atoms with E-state index in [2.05, 4.69) is 40.6 Å². The molecule has 20 heavy (non-hydrogen) atoms. The third kappa shape index (κ3) is 2.09. The molecular weight excluding hydrogens is 246 g/mol. The summed E-state index contributed by atoms with van der Waals surface area (Å²) in [5.41, 5.74) is 2.45. The highest BCUT2D eigenvalue weighted by molar-refractivity contribution is 5.58. The maximum Gasteiger partial charge on any atom is 0.127 e. The van der Waals surface area contributed by atoms with E-state index in [1.54, 1.807) is 0 Å². The Labute approximate surface area is 120 Å². The van der Waals surface area contributed by atoms with E-state index in [0.717, 1.165) is 19.5 Å². The molecule has 1 aromatic rings. The molecule has 1 N–H and O–H groups in total. The first-order valence-corrected chi connectivity index (χ1v) is 7.82. The zero-order valence-electron chi connectivity index (χ0n) is 11.8. The highest BCUT2D eigenvalue weighted by atomic mass is 15.2. The van der Waals surface area contributed by atoms with Crippen LogP contribution in [-0.2, 0) is 6.42 Å². The van der Waals surface area contributed by atoms with Crippen molar-refractivity contribution in [2.45, 2.75) is 43.7 Å². The molecule has 3 heteroatoms. The van der Waals surface area contributed by atoms with Gasteiger partial charge in [-0.1, -0.05) is 18.2 Å². The lowest BCUT2D eigenvalue weighted by Gasteiger charge is -2.34. The molecule has 1 unspecified atom stereocenters. The van der Waals surface area contributed by atoms with Crippen molar-refractivity contribution in [1.82, 2.24) is 5.32 Å². The zero-order chi connectivity index (χ0) is 13.6. The second kappa shape index (κ2) is 4.49. The third-order valence-electron chi connectivity index (χ3n) is 4.94. The van der Waals surface area contributed by atoms with Gasteiger partial charge in [-0.3, -0.25) is 5.32 Å². The standard InChI is InChI=1S/C17H21N3/c18-11-17(14-5-6-14,19-15-7-8-15)12-20-10-9-13-3-1-2-4-16(13)20/h1-4,14-15,19H,5-10,12H2. The number of anilines is 1. The van der Waals surface area contributed by atoms with Gasteiger partial charge in [0.05, 0.1) is 6.07 Å². The van der Waals surface area contributed by atoms with Gasteiger partial charge in [0.2, 0.25) is 0 Å². The number of nitrogens with one attached hydrogen (secondary N) is 1. The molecule has 0 saturated heterocycles. The van der Waals surface area contributed by atoms with Gasteiger partial charge in [-0.05, 0) is 49.7 Å². The molecule has 3 nitrogen and oxygen atoms in total. The summed E-state index contributed by atoms with van der Waals surface area (Å²) in [5, 5.41) is 13.5. The zero-order valence-corrected chi connectivity index (χ0v) is 11.8. The smallest absolute Gasteiger partial charge is 0.127 e. The van der Waals surface area contributed by atoms with Crippen molar-refractivity contribution in [1.29, 1.82) is 5.26 Å². The monoisotopic (exact) mass is 267 g/mol. The number of benzene rings is 1. The number of hydrogen-bond acceptors (Lipinski definition) is 3. The lowest BCUT2D eigenvalue weighted by atomic mass is 9.93. The number of rotatable bonds is 5. The van der Waals surface area contributed by atoms with Crippen molar-refractivity contribution in [3.05, 3.63) is 29.8 Å². The number of fused-ring (bicyclic) bond motifs is 1. The molecule has 1 atom stereocenters. The van der Waals surface area contributed by atoms with Gasteiger partial charge in [0.1, 0.15) is 5.54 Å². The fourth-order valence-electron chi connectivity index (χ4n) is 3.49. The van der Waals surface area contributed by atoms with Crippen molar-refractivity contribution < 1.29 is 0 Å². The molecule has 104 valence electrons. The van der Waals surface area contributed by atoms with E-state index in [1.165, 1.54) is 36.9 Å². The SMILES string of the molecule is N#CC(CN1CCc2ccccc21)(NC1CC1)C1CC1. The van der Waals surface area contributed by atoms with E-state index in [4.69, 9.17) is 0 Å². The Balaban J connectivity index is 1.58. The van der Waals surface area contributed by atoms with Gasteiger partial charge in [0.25, 0.3) is 0 Å². The highest BCUT2D eigenvalue weighted by Gasteiger charge is 2.49. The normalized spacial score (nSPS) is 24.1. The van der Waals surface area contributed by atoms with Crippen molar-refractivity contribution in [3.8, 4) is 6.07 Å². The highest BCUT2D eigenvalue weighted by Crippen LogP contribution is 2.43. The Hall–Kier alpha value is -1.53. The average Bonchev–Trinajstić information content (AvgIpc) is 3.38. The summed E-state index contributed by atoms with van der Waals surface area (Å²) in [6.07, 6.45) is 6.02. The fourth-order valence-corrected chi connectivity index (χ4v) is 3.49. The molecule has 1 heterocycles. The lowest BCUT2D eigenvalue weighted by Crippen LogP contribution is -2.55. The molecule has 1 aromatic carbocycles. The van der Waals surface area contributed by atoms with Crippen molar-refractivity contribution in [2.75, 3.05) is 18.0 Å². The molecular formula is C17H21N3. The van der Waals surface area contributed by atoms with Crippen LogP contribution in [0.3, 0.4) is 0 Å². The quantitative estimate of drug-likeness (QED) is 0.891. The maximum atomic E-state index is 9.83. The Morgan fingerprint density at radius 3 is 2.75 bits per heavy atom. The Morgan fingerprint density at radius 2 is 2.05 bits per heavy atom. The van der Waals surface area contributed by atoms with Crippen molar-refractivity contribution >= 4 is 5.69 Å². The van der Waals surface area contributed by atoms with Gasteiger partial charge in [-0.25, -0.2) is 0 Å². The minimum atomic E-state index is -0.321. The van der Waals surface area contributed by atoms with E-state index >= 15 is 0 Å². The Bertz CT molecular complexity index is 554. The van der Waals surface area contributed by atoms with Crippen LogP contribution in [0.15, 0.2) is 24.3 Å². The molecule has 0 radical (unpaired) electrons. The third-order valence-corrected chi connectivity index (χ3v) is 4.94. The Kier molecular flexibility index (Phi) is 2.75. The second-order valence-electron chi connectivity index (χ2n) is 6.58. The average molecular weight is 267 g/mol. The number of para-hydroxylation sites is 1. The number of hydrogen-bond donors (Lipinski definition) is 1. The molecule has 3 aliphatic rings. The van der Waals surface area contributed by atoms with Crippen LogP contribution in [0.1, 0.15) is 31.2 Å². The molecule has 1 aliphatic heterocycles. The van der Waals surface area contributed by atoms with E-state index in [9.17, 15) is 5.26 Å². The van der Waals surface area contributed by atoms with Gasteiger partial charge in [0, 0.05) is 24.8 Å². The minimum Gasteiger partial charge on any atom is -0.368 e. The molecule has 4 rings (SSSR count). The summed E-state index contributed by atoms with van der Waals surface area (Å²) in [4.78, 5) is 2.42. The van der Waals surface area contributed by atoms with Gasteiger partial charge >= 0.3 is 0 Å². The largest absolute Gasteiger partial charge is 0.368 e. The maximum absolute atomic E-state index is 9.83. The van der Waals surface area contributed by atoms with Crippen molar-refractivity contribution in [2.24, 2.45) is 5.92 Å². The minimum absolute atomic E-state index is 0.321. The Morgan fingerprint density at radius 1 is 1.25 bits per heavy atom. The van der Waals surface area contributed by atoms with Gasteiger partial charge < -0.3 is 4.90 Å². The lowest BCUT2D eigenvalue weighted by molar-refractivity contribution is 0.362. The van der Waals surface area contributed by atoms with Crippen LogP contribution in [-0.4, -0.2) is 24.7 Å². The van der Waals surface area contributed by atoms with Crippen LogP contribution < -0.4 is 10.2 Å². The van der Waals surface area contributed by atoms with Crippen LogP contribution in [0.25, 0.3) is 0 Å². The van der Waals surface area contributed by atoms with E-state index in [1.807, 2.05) is 0 Å². The molecule has 2 fully saturated rings. The summed E-state index contributed by atoms with van der Waals surface area (Å²) < 4.78 is 0. The predicted octanol–water partition coefficient (Wildman–Crippen LogP) is 2.47. The summed E-state index contributed by atoms with van der Waals surface area (Å²) in [7, 11) is 0. The predicted molar refractivity (Wildman–Crippen MR) is 79.6 cm³/mol. The van der Waals surface area contributed by atoms with Crippen molar-refractivity contribution in [3.63, 3.8) is 0 Å². The van der Waals surface area contributed by atoms with Gasteiger partial charge in [-0.2, -0.15) is 5.26 Å². The molecule has 0 bridgehead atoms. The summed E-state index contributed by atoms with van der Waals surface area (Å²) in [6, 6.07) is 11.9. The van der Waals surface area contributed by atoms with Gasteiger partial charge in [0.15, 0.2) is 0 Å². The van der Waals surface area contributed by atoms with Crippen LogP contribution in [0.2, 0.25) is 0 Å². The first-order chi connectivity index (χ1) is 9.81. The van der Waals surface area contributed by atoms with E-state index in [0.29, 0.717) is 12.0 Å². The summed E-state index contributed by atoms with van der Waals surface area (Å²) >= 11 is 0. The molecule has 2 aliphatic carbocycles. The molecule has 0 spiro atoms. The number of nitriles is 1. The molecule has 0 amide bonds. The van der Waals surface area contributed by atoms with Crippen LogP contribution in [0.4, 0.5) is 5.69 Å². The van der Waals surface area contributed by atoms with E-state index in [-0.39, 0.29) is 5.54 Å². The van der Waals surface area contributed by atoms with Crippen LogP contribution in [0, 0.1) is 17.2 Å². The summed E-state index contributed by atoms with van der Waals surface area (Å²) in [6.45, 7) is 1.91. The summed E-state index contributed by atoms with van der Waals surface area (Å²) in [5.74, 6) is 0.556. The topological polar surface area (TPSA) is 39.1 Å². The van der Waals surface area contributed by atoms with Crippen LogP contribution in [0.5, 0.6) is 0 Å². The van der Waals surface area contributed by atoms with E-state index < -0.39 is 0 Å². The van der Waals surface area contributed by atoms with Gasteiger partial charge in [-0.15, -0.1) is 0 Å². The molecule has 2 saturated carbocycles. The second-order valence-corrected chi connectivity index (χ2v) is 6.58.